The van der Waals surface area contributed by atoms with Gasteiger partial charge in [0, 0.05) is 10.9 Å². The third kappa shape index (κ3) is 1.51. The summed E-state index contributed by atoms with van der Waals surface area (Å²) in [6.45, 7) is 0. The molecule has 5 N–H and O–H groups in total. The van der Waals surface area contributed by atoms with Gasteiger partial charge in [-0.05, 0) is 18.2 Å². The lowest BCUT2D eigenvalue weighted by atomic mass is 10.1. The molecule has 6 nitrogen and oxygen atoms in total. The normalized spacial score (nSPS) is 10.9. The maximum atomic E-state index is 10.9. The Kier molecular flexibility index (Phi) is 2.09. The van der Waals surface area contributed by atoms with Gasteiger partial charge in [0.15, 0.2) is 0 Å². The summed E-state index contributed by atoms with van der Waals surface area (Å²) in [4.78, 5) is 13.7. The molecule has 3 aromatic rings. The fourth-order valence-corrected chi connectivity index (χ4v) is 1.92. The summed E-state index contributed by atoms with van der Waals surface area (Å²) in [6.07, 6.45) is 1.70. The van der Waals surface area contributed by atoms with Crippen LogP contribution in [0, 0.1) is 0 Å². The first-order chi connectivity index (χ1) is 8.65. The van der Waals surface area contributed by atoms with Crippen LogP contribution in [0.15, 0.2) is 30.5 Å². The minimum Gasteiger partial charge on any atom is -0.477 e. The third-order valence-corrected chi connectivity index (χ3v) is 2.81. The number of carbonyl (C=O) groups is 1. The van der Waals surface area contributed by atoms with Gasteiger partial charge in [0.2, 0.25) is 0 Å². The van der Waals surface area contributed by atoms with Crippen molar-refractivity contribution < 1.29 is 9.90 Å². The van der Waals surface area contributed by atoms with Gasteiger partial charge in [0.1, 0.15) is 5.69 Å². The highest BCUT2D eigenvalue weighted by molar-refractivity contribution is 5.92. The van der Waals surface area contributed by atoms with Crippen LogP contribution in [0.4, 0.5) is 5.69 Å². The predicted molar refractivity (Wildman–Crippen MR) is 67.3 cm³/mol. The van der Waals surface area contributed by atoms with Crippen LogP contribution in [0.2, 0.25) is 0 Å². The number of nitrogens with two attached hydrogens (primary N) is 1. The van der Waals surface area contributed by atoms with E-state index in [0.717, 1.165) is 16.5 Å². The topological polar surface area (TPSA) is 108 Å². The van der Waals surface area contributed by atoms with Crippen molar-refractivity contribution in [2.75, 3.05) is 5.73 Å². The van der Waals surface area contributed by atoms with Gasteiger partial charge in [0.05, 0.1) is 23.1 Å². The molecule has 0 aliphatic rings. The smallest absolute Gasteiger partial charge is 0.352 e. The summed E-state index contributed by atoms with van der Waals surface area (Å²) in [6, 6.07) is 7.04. The van der Waals surface area contributed by atoms with Crippen LogP contribution in [0.1, 0.15) is 10.5 Å². The Morgan fingerprint density at radius 2 is 2.17 bits per heavy atom. The number of rotatable bonds is 2. The summed E-state index contributed by atoms with van der Waals surface area (Å²) in [5.74, 6) is -1.03. The van der Waals surface area contributed by atoms with E-state index in [2.05, 4.69) is 15.2 Å². The molecule has 0 atom stereocenters. The van der Waals surface area contributed by atoms with Crippen LogP contribution in [0.5, 0.6) is 0 Å². The highest BCUT2D eigenvalue weighted by Gasteiger charge is 2.12. The predicted octanol–water partition coefficient (Wildman–Crippen LogP) is 1.84. The second kappa shape index (κ2) is 3.63. The quantitative estimate of drug-likeness (QED) is 0.549. The summed E-state index contributed by atoms with van der Waals surface area (Å²) in [5.41, 5.74) is 8.66. The highest BCUT2D eigenvalue weighted by Crippen LogP contribution is 2.28. The zero-order valence-corrected chi connectivity index (χ0v) is 9.27. The number of hydrogen-bond donors (Lipinski definition) is 4. The molecule has 0 spiro atoms. The van der Waals surface area contributed by atoms with Gasteiger partial charge in [-0.25, -0.2) is 4.79 Å². The van der Waals surface area contributed by atoms with Crippen LogP contribution in [-0.2, 0) is 0 Å². The first-order valence-electron chi connectivity index (χ1n) is 5.30. The number of benzene rings is 1. The Balaban J connectivity index is 2.15. The van der Waals surface area contributed by atoms with Crippen molar-refractivity contribution in [1.29, 1.82) is 0 Å². The van der Waals surface area contributed by atoms with Crippen molar-refractivity contribution in [3.8, 4) is 11.3 Å². The number of nitrogen functional groups attached to an aromatic ring is 1. The SMILES string of the molecule is Nc1cc(C(=O)O)[nH]c1-c1ccc2[nH]ncc2c1. The Hall–Kier alpha value is -2.76. The van der Waals surface area contributed by atoms with E-state index in [9.17, 15) is 4.79 Å². The van der Waals surface area contributed by atoms with Crippen LogP contribution in [0.25, 0.3) is 22.2 Å². The van der Waals surface area contributed by atoms with E-state index >= 15 is 0 Å². The molecule has 1 aromatic carbocycles. The molecular weight excluding hydrogens is 232 g/mol. The molecule has 90 valence electrons. The Labute approximate surface area is 101 Å². The number of aromatic carboxylic acids is 1. The van der Waals surface area contributed by atoms with E-state index in [-0.39, 0.29) is 5.69 Å². The van der Waals surface area contributed by atoms with Crippen LogP contribution < -0.4 is 5.73 Å². The van der Waals surface area contributed by atoms with Gasteiger partial charge in [-0.2, -0.15) is 5.10 Å². The fourth-order valence-electron chi connectivity index (χ4n) is 1.92. The number of aromatic amines is 2. The highest BCUT2D eigenvalue weighted by atomic mass is 16.4. The molecule has 18 heavy (non-hydrogen) atoms. The zero-order valence-electron chi connectivity index (χ0n) is 9.27. The molecule has 0 unspecified atom stereocenters. The van der Waals surface area contributed by atoms with Crippen molar-refractivity contribution in [3.05, 3.63) is 36.2 Å². The molecule has 0 aliphatic carbocycles. The van der Waals surface area contributed by atoms with Gasteiger partial charge in [-0.1, -0.05) is 6.07 Å². The zero-order chi connectivity index (χ0) is 12.7. The number of carboxylic acids is 1. The van der Waals surface area contributed by atoms with Gasteiger partial charge in [-0.15, -0.1) is 0 Å². The van der Waals surface area contributed by atoms with Crippen molar-refractivity contribution in [2.24, 2.45) is 0 Å². The van der Waals surface area contributed by atoms with Gasteiger partial charge in [-0.3, -0.25) is 5.10 Å². The van der Waals surface area contributed by atoms with Crippen LogP contribution >= 0.6 is 0 Å². The van der Waals surface area contributed by atoms with E-state index in [0.29, 0.717) is 11.4 Å². The van der Waals surface area contributed by atoms with E-state index in [1.54, 1.807) is 6.20 Å². The summed E-state index contributed by atoms with van der Waals surface area (Å²) >= 11 is 0. The van der Waals surface area contributed by atoms with E-state index in [1.165, 1.54) is 6.07 Å². The number of nitrogens with zero attached hydrogens (tertiary/aromatic N) is 1. The molecule has 2 aromatic heterocycles. The average molecular weight is 242 g/mol. The van der Waals surface area contributed by atoms with Crippen molar-refractivity contribution in [1.82, 2.24) is 15.2 Å². The van der Waals surface area contributed by atoms with Gasteiger partial charge < -0.3 is 15.8 Å². The second-order valence-electron chi connectivity index (χ2n) is 3.99. The van der Waals surface area contributed by atoms with Crippen molar-refractivity contribution >= 4 is 22.6 Å². The molecule has 2 heterocycles. The molecule has 0 saturated heterocycles. The molecule has 0 fully saturated rings. The van der Waals surface area contributed by atoms with Gasteiger partial charge >= 0.3 is 5.97 Å². The summed E-state index contributed by atoms with van der Waals surface area (Å²) in [5, 5.41) is 16.6. The van der Waals surface area contributed by atoms with E-state index in [4.69, 9.17) is 10.8 Å². The molecule has 0 saturated carbocycles. The largest absolute Gasteiger partial charge is 0.477 e. The number of H-pyrrole nitrogens is 2. The molecule has 0 radical (unpaired) electrons. The molecule has 0 amide bonds. The number of hydrogen-bond acceptors (Lipinski definition) is 3. The lowest BCUT2D eigenvalue weighted by molar-refractivity contribution is 0.0691. The maximum Gasteiger partial charge on any atom is 0.352 e. The van der Waals surface area contributed by atoms with Crippen LogP contribution in [0.3, 0.4) is 0 Å². The molecule has 6 heteroatoms. The number of nitrogens with one attached hydrogen (secondary N) is 2. The molecular formula is C12H10N4O2. The number of aromatic nitrogens is 3. The fraction of sp³-hybridized carbons (Fsp3) is 0. The summed E-state index contributed by atoms with van der Waals surface area (Å²) in [7, 11) is 0. The third-order valence-electron chi connectivity index (χ3n) is 2.81. The first kappa shape index (κ1) is 10.4. The van der Waals surface area contributed by atoms with E-state index in [1.807, 2.05) is 18.2 Å². The Morgan fingerprint density at radius 3 is 2.89 bits per heavy atom. The summed E-state index contributed by atoms with van der Waals surface area (Å²) < 4.78 is 0. The van der Waals surface area contributed by atoms with E-state index < -0.39 is 5.97 Å². The number of fused-ring (bicyclic) bond motifs is 1. The monoisotopic (exact) mass is 242 g/mol. The molecule has 0 aliphatic heterocycles. The second-order valence-corrected chi connectivity index (χ2v) is 3.99. The first-order valence-corrected chi connectivity index (χ1v) is 5.30. The van der Waals surface area contributed by atoms with Gasteiger partial charge in [0.25, 0.3) is 0 Å². The minimum absolute atomic E-state index is 0.0785. The number of carboxylic acid groups (broad SMARTS) is 1. The van der Waals surface area contributed by atoms with Crippen molar-refractivity contribution in [3.63, 3.8) is 0 Å². The van der Waals surface area contributed by atoms with Crippen LogP contribution in [-0.4, -0.2) is 26.3 Å². The molecule has 0 bridgehead atoms. The minimum atomic E-state index is -1.03. The Morgan fingerprint density at radius 1 is 1.33 bits per heavy atom. The average Bonchev–Trinajstić information content (AvgIpc) is 2.93. The van der Waals surface area contributed by atoms with Crippen molar-refractivity contribution in [2.45, 2.75) is 0 Å². The standard InChI is InChI=1S/C12H10N4O2/c13-8-4-10(12(17)18)15-11(8)6-1-2-9-7(3-6)5-14-16-9/h1-5,15H,13H2,(H,14,16)(H,17,18). The number of anilines is 1. The molecule has 3 rings (SSSR count). The Bertz CT molecular complexity index is 741. The lowest BCUT2D eigenvalue weighted by Crippen LogP contribution is -1.95. The lowest BCUT2D eigenvalue weighted by Gasteiger charge is -2.00. The maximum absolute atomic E-state index is 10.9.